The number of carbonyl (C=O) groups is 1. The molecule has 0 aromatic rings. The van der Waals surface area contributed by atoms with Gasteiger partial charge in [0.15, 0.2) is 0 Å². The second-order valence-corrected chi connectivity index (χ2v) is 6.47. The average Bonchev–Trinajstić information content (AvgIpc) is 3.14. The summed E-state index contributed by atoms with van der Waals surface area (Å²) in [5, 5.41) is 24.0. The summed E-state index contributed by atoms with van der Waals surface area (Å²) in [6.45, 7) is 4.87. The molecule has 1 aliphatic carbocycles. The summed E-state index contributed by atoms with van der Waals surface area (Å²) in [7, 11) is 0. The van der Waals surface area contributed by atoms with Crippen LogP contribution in [0.2, 0.25) is 0 Å². The van der Waals surface area contributed by atoms with Crippen molar-refractivity contribution in [2.75, 3.05) is 13.1 Å². The van der Waals surface area contributed by atoms with Gasteiger partial charge < -0.3 is 15.3 Å². The predicted octanol–water partition coefficient (Wildman–Crippen LogP) is 1.00. The number of hydrogen-bond donors (Lipinski definition) is 3. The quantitative estimate of drug-likeness (QED) is 0.613. The van der Waals surface area contributed by atoms with Crippen molar-refractivity contribution in [2.45, 2.75) is 0 Å². The Morgan fingerprint density at radius 3 is 3.04 bits per heavy atom. The van der Waals surface area contributed by atoms with E-state index >= 15 is 0 Å². The van der Waals surface area contributed by atoms with Gasteiger partial charge in [0, 0.05) is 36.6 Å². The molecule has 0 bridgehead atoms. The summed E-state index contributed by atoms with van der Waals surface area (Å²) >= 11 is 0. The van der Waals surface area contributed by atoms with Crippen molar-refractivity contribution >= 4 is 11.9 Å². The van der Waals surface area contributed by atoms with E-state index in [1.807, 2.05) is 6.08 Å². The molecule has 0 saturated carbocycles. The minimum Gasteiger partial charge on any atom is -0.505 e. The summed E-state index contributed by atoms with van der Waals surface area (Å²) in [6, 6.07) is 1.88. The highest BCUT2D eigenvalue weighted by Gasteiger charge is 2.46. The molecule has 0 spiro atoms. The molecule has 5 rings (SSSR count). The van der Waals surface area contributed by atoms with E-state index in [-0.39, 0.29) is 23.6 Å². The highest BCUT2D eigenvalue weighted by atomic mass is 16.3. The number of amides is 2. The summed E-state index contributed by atoms with van der Waals surface area (Å²) in [5.74, 6) is 0.550. The molecule has 25 heavy (non-hydrogen) atoms. The lowest BCUT2D eigenvalue weighted by Gasteiger charge is -2.37. The van der Waals surface area contributed by atoms with E-state index in [1.165, 1.54) is 5.01 Å². The molecular weight excluding hydrogens is 320 g/mol. The summed E-state index contributed by atoms with van der Waals surface area (Å²) < 4.78 is 0. The first-order chi connectivity index (χ1) is 12.1. The molecule has 1 unspecified atom stereocenters. The molecule has 4 aliphatic heterocycles. The Balaban J connectivity index is 1.54. The second-order valence-electron chi connectivity index (χ2n) is 6.47. The molecule has 2 saturated heterocycles. The smallest absolute Gasteiger partial charge is 0.343 e. The number of amidine groups is 1. The van der Waals surface area contributed by atoms with E-state index in [2.05, 4.69) is 28.4 Å². The van der Waals surface area contributed by atoms with Crippen LogP contribution < -0.4 is 10.7 Å². The van der Waals surface area contributed by atoms with Crippen molar-refractivity contribution in [1.29, 1.82) is 5.26 Å². The highest BCUT2D eigenvalue weighted by Crippen LogP contribution is 2.46. The van der Waals surface area contributed by atoms with Crippen LogP contribution in [-0.2, 0) is 0 Å². The Bertz CT molecular complexity index is 939. The maximum absolute atomic E-state index is 12.7. The lowest BCUT2D eigenvalue weighted by Crippen LogP contribution is -2.55. The fourth-order valence-electron chi connectivity index (χ4n) is 3.75. The molecule has 2 amide bonds. The SMILES string of the molecule is C=C1C2=C3C=CNC4=NC=C(C(O)=C2NN1C(=O)N1CC(C#N)C1)C43. The Kier molecular flexibility index (Phi) is 2.53. The number of carbonyl (C=O) groups excluding carboxylic acids is 1. The fourth-order valence-corrected chi connectivity index (χ4v) is 3.75. The molecular formula is C17H14N6O2. The Morgan fingerprint density at radius 2 is 2.28 bits per heavy atom. The molecule has 3 N–H and O–H groups in total. The number of aliphatic hydroxyl groups excluding tert-OH is 1. The number of aliphatic imine (C=N–C) groups is 1. The van der Waals surface area contributed by atoms with Gasteiger partial charge in [-0.15, -0.1) is 0 Å². The third-order valence-electron chi connectivity index (χ3n) is 5.09. The first kappa shape index (κ1) is 13.9. The molecule has 8 nitrogen and oxygen atoms in total. The van der Waals surface area contributed by atoms with Gasteiger partial charge in [0.2, 0.25) is 0 Å². The second kappa shape index (κ2) is 4.54. The third kappa shape index (κ3) is 1.64. The molecule has 0 radical (unpaired) electrons. The monoisotopic (exact) mass is 334 g/mol. The first-order valence-electron chi connectivity index (χ1n) is 7.93. The highest BCUT2D eigenvalue weighted by molar-refractivity contribution is 5.98. The lowest BCUT2D eigenvalue weighted by molar-refractivity contribution is 0.112. The van der Waals surface area contributed by atoms with E-state index in [0.29, 0.717) is 30.1 Å². The number of aliphatic hydroxyl groups is 1. The Hall–Kier alpha value is -3.47. The number of nitrogens with one attached hydrogen (secondary N) is 2. The van der Waals surface area contributed by atoms with Gasteiger partial charge in [0.1, 0.15) is 17.3 Å². The van der Waals surface area contributed by atoms with Crippen LogP contribution in [0.25, 0.3) is 0 Å². The van der Waals surface area contributed by atoms with Crippen LogP contribution >= 0.6 is 0 Å². The van der Waals surface area contributed by atoms with Crippen LogP contribution in [0.15, 0.2) is 63.9 Å². The van der Waals surface area contributed by atoms with E-state index < -0.39 is 0 Å². The standard InChI is InChI=1S/C17H14N6O2/c1-8-12-10-2-3-19-16-13(10)11(5-20-16)15(24)14(12)21-23(8)17(25)22-6-9(4-18)7-22/h2-3,5,9,13,21,24H,1,6-7H2,(H,19,20). The van der Waals surface area contributed by atoms with E-state index in [9.17, 15) is 9.90 Å². The number of hydrogen-bond acceptors (Lipinski definition) is 6. The minimum atomic E-state index is -0.273. The average molecular weight is 334 g/mol. The van der Waals surface area contributed by atoms with Crippen LogP contribution in [0, 0.1) is 23.2 Å². The van der Waals surface area contributed by atoms with Crippen molar-refractivity contribution in [2.24, 2.45) is 16.8 Å². The van der Waals surface area contributed by atoms with Crippen molar-refractivity contribution in [3.63, 3.8) is 0 Å². The number of likely N-dealkylation sites (tertiary alicyclic amines) is 1. The molecule has 124 valence electrons. The summed E-state index contributed by atoms with van der Waals surface area (Å²) in [5.41, 5.74) is 6.29. The zero-order valence-corrected chi connectivity index (χ0v) is 13.2. The summed E-state index contributed by atoms with van der Waals surface area (Å²) in [6.07, 6.45) is 5.35. The van der Waals surface area contributed by atoms with Crippen LogP contribution in [0.3, 0.4) is 0 Å². The maximum Gasteiger partial charge on any atom is 0.343 e. The Labute approximate surface area is 143 Å². The number of hydrazine groups is 1. The zero-order valence-electron chi connectivity index (χ0n) is 13.2. The van der Waals surface area contributed by atoms with E-state index in [0.717, 1.165) is 17.0 Å². The number of rotatable bonds is 0. The lowest BCUT2D eigenvalue weighted by atomic mass is 9.79. The maximum atomic E-state index is 12.7. The minimum absolute atomic E-state index is 0.0783. The van der Waals surface area contributed by atoms with Gasteiger partial charge >= 0.3 is 6.03 Å². The zero-order chi connectivity index (χ0) is 17.3. The van der Waals surface area contributed by atoms with Crippen molar-refractivity contribution in [1.82, 2.24) is 20.7 Å². The molecule has 0 aromatic carbocycles. The number of fused-ring (bicyclic) bond motifs is 1. The van der Waals surface area contributed by atoms with Crippen LogP contribution in [-0.4, -0.2) is 40.0 Å². The third-order valence-corrected chi connectivity index (χ3v) is 5.09. The normalized spacial score (nSPS) is 26.4. The predicted molar refractivity (Wildman–Crippen MR) is 88.2 cm³/mol. The van der Waals surface area contributed by atoms with Crippen LogP contribution in [0.5, 0.6) is 0 Å². The van der Waals surface area contributed by atoms with Gasteiger partial charge in [-0.2, -0.15) is 5.26 Å². The van der Waals surface area contributed by atoms with Gasteiger partial charge in [-0.25, -0.2) is 14.8 Å². The summed E-state index contributed by atoms with van der Waals surface area (Å²) in [4.78, 5) is 18.6. The van der Waals surface area contributed by atoms with Crippen LogP contribution in [0.4, 0.5) is 4.79 Å². The Morgan fingerprint density at radius 1 is 1.48 bits per heavy atom. The van der Waals surface area contributed by atoms with E-state index in [1.54, 1.807) is 17.3 Å². The first-order valence-corrected chi connectivity index (χ1v) is 7.93. The van der Waals surface area contributed by atoms with Crippen molar-refractivity contribution < 1.29 is 9.90 Å². The number of allylic oxidation sites excluding steroid dienone is 2. The van der Waals surface area contributed by atoms with Gasteiger partial charge in [-0.1, -0.05) is 6.58 Å². The number of urea groups is 1. The van der Waals surface area contributed by atoms with E-state index in [4.69, 9.17) is 5.26 Å². The fraction of sp³-hybridized carbons (Fsp3) is 0.235. The number of nitriles is 1. The molecule has 2 fully saturated rings. The van der Waals surface area contributed by atoms with Gasteiger partial charge in [0.05, 0.1) is 23.6 Å². The van der Waals surface area contributed by atoms with Crippen molar-refractivity contribution in [3.8, 4) is 6.07 Å². The van der Waals surface area contributed by atoms with Crippen molar-refractivity contribution in [3.05, 3.63) is 58.9 Å². The molecule has 4 heterocycles. The molecule has 0 aromatic heterocycles. The molecule has 5 aliphatic rings. The van der Waals surface area contributed by atoms with Gasteiger partial charge in [-0.05, 0) is 11.6 Å². The van der Waals surface area contributed by atoms with Crippen LogP contribution in [0.1, 0.15) is 0 Å². The molecule has 8 heteroatoms. The molecule has 1 atom stereocenters. The van der Waals surface area contributed by atoms with Gasteiger partial charge in [0.25, 0.3) is 0 Å². The topological polar surface area (TPSA) is 104 Å². The number of nitrogens with zero attached hydrogens (tertiary/aromatic N) is 4. The van der Waals surface area contributed by atoms with Gasteiger partial charge in [-0.3, -0.25) is 5.43 Å². The largest absolute Gasteiger partial charge is 0.505 e.